The first-order valence-corrected chi connectivity index (χ1v) is 9.31. The zero-order chi connectivity index (χ0) is 19.1. The number of ether oxygens (including phenoxy) is 1. The highest BCUT2D eigenvalue weighted by atomic mass is 19.1. The Morgan fingerprint density at radius 2 is 1.85 bits per heavy atom. The highest BCUT2D eigenvalue weighted by Crippen LogP contribution is 2.16. The molecule has 1 aliphatic heterocycles. The van der Waals surface area contributed by atoms with Gasteiger partial charge >= 0.3 is 0 Å². The summed E-state index contributed by atoms with van der Waals surface area (Å²) in [5.74, 6) is -0.190. The normalized spacial score (nSPS) is 16.6. The minimum Gasteiger partial charge on any atom is -0.376 e. The third kappa shape index (κ3) is 6.12. The molecule has 27 heavy (non-hydrogen) atoms. The maximum absolute atomic E-state index is 13.1. The molecule has 0 spiro atoms. The van der Waals surface area contributed by atoms with Crippen LogP contribution in [0.1, 0.15) is 24.0 Å². The minimum absolute atomic E-state index is 0.0620. The van der Waals surface area contributed by atoms with Crippen molar-refractivity contribution >= 4 is 5.91 Å². The molecule has 0 radical (unpaired) electrons. The van der Waals surface area contributed by atoms with Crippen LogP contribution in [0, 0.1) is 5.82 Å². The smallest absolute Gasteiger partial charge is 0.237 e. The van der Waals surface area contributed by atoms with Gasteiger partial charge in [-0.1, -0.05) is 12.1 Å². The van der Waals surface area contributed by atoms with Crippen molar-refractivity contribution < 1.29 is 13.9 Å². The van der Waals surface area contributed by atoms with Crippen LogP contribution < -0.4 is 0 Å². The Hall–Kier alpha value is -2.31. The van der Waals surface area contributed by atoms with Crippen molar-refractivity contribution in [3.8, 4) is 0 Å². The molecule has 2 heterocycles. The lowest BCUT2D eigenvalue weighted by molar-refractivity contribution is -0.134. The van der Waals surface area contributed by atoms with Crippen LogP contribution in [-0.2, 0) is 22.6 Å². The lowest BCUT2D eigenvalue weighted by Crippen LogP contribution is -2.42. The standard InChI is InChI=1S/C21H26FN3O2/c1-24(13-17-4-6-19(22)7-5-17)16-21(26)25(15-20-3-2-12-27-20)14-18-8-10-23-11-9-18/h4-11,20H,2-3,12-16H2,1H3. The van der Waals surface area contributed by atoms with E-state index in [1.54, 1.807) is 24.5 Å². The lowest BCUT2D eigenvalue weighted by Gasteiger charge is -2.28. The number of benzene rings is 1. The van der Waals surface area contributed by atoms with E-state index in [9.17, 15) is 9.18 Å². The number of amides is 1. The third-order valence-corrected chi connectivity index (χ3v) is 4.69. The van der Waals surface area contributed by atoms with Gasteiger partial charge in [-0.2, -0.15) is 0 Å². The molecule has 1 amide bonds. The SMILES string of the molecule is CN(CC(=O)N(Cc1ccncc1)CC1CCCO1)Cc1ccc(F)cc1. The second-order valence-corrected chi connectivity index (χ2v) is 7.06. The van der Waals surface area contributed by atoms with Gasteiger partial charge in [-0.3, -0.25) is 14.7 Å². The largest absolute Gasteiger partial charge is 0.376 e. The van der Waals surface area contributed by atoms with E-state index in [2.05, 4.69) is 4.98 Å². The van der Waals surface area contributed by atoms with Crippen LogP contribution >= 0.6 is 0 Å². The van der Waals surface area contributed by atoms with E-state index in [0.717, 1.165) is 30.6 Å². The fourth-order valence-electron chi connectivity index (χ4n) is 3.29. The number of likely N-dealkylation sites (N-methyl/N-ethyl adjacent to an activating group) is 1. The Balaban J connectivity index is 1.61. The summed E-state index contributed by atoms with van der Waals surface area (Å²) in [6.45, 7) is 2.81. The Morgan fingerprint density at radius 3 is 2.52 bits per heavy atom. The highest BCUT2D eigenvalue weighted by Gasteiger charge is 2.23. The van der Waals surface area contributed by atoms with Gasteiger partial charge in [-0.15, -0.1) is 0 Å². The fraction of sp³-hybridized carbons (Fsp3) is 0.429. The van der Waals surface area contributed by atoms with Crippen molar-refractivity contribution in [1.82, 2.24) is 14.8 Å². The first-order valence-electron chi connectivity index (χ1n) is 9.31. The van der Waals surface area contributed by atoms with Crippen LogP contribution in [0.2, 0.25) is 0 Å². The van der Waals surface area contributed by atoms with Crippen LogP contribution in [-0.4, -0.2) is 53.5 Å². The molecule has 0 aliphatic carbocycles. The Morgan fingerprint density at radius 1 is 1.15 bits per heavy atom. The minimum atomic E-state index is -0.252. The lowest BCUT2D eigenvalue weighted by atomic mass is 10.2. The Bertz CT molecular complexity index is 718. The number of nitrogens with zero attached hydrogens (tertiary/aromatic N) is 3. The molecule has 1 fully saturated rings. The molecule has 5 nitrogen and oxygen atoms in total. The van der Waals surface area contributed by atoms with Crippen molar-refractivity contribution in [3.63, 3.8) is 0 Å². The number of aromatic nitrogens is 1. The molecular weight excluding hydrogens is 345 g/mol. The first kappa shape index (κ1) is 19.5. The first-order chi connectivity index (χ1) is 13.1. The van der Waals surface area contributed by atoms with E-state index in [1.807, 2.05) is 29.0 Å². The summed E-state index contributed by atoms with van der Waals surface area (Å²) >= 11 is 0. The number of hydrogen-bond acceptors (Lipinski definition) is 4. The topological polar surface area (TPSA) is 45.7 Å². The summed E-state index contributed by atoms with van der Waals surface area (Å²) in [5, 5.41) is 0. The average Bonchev–Trinajstić information content (AvgIpc) is 3.17. The molecule has 2 aromatic rings. The summed E-state index contributed by atoms with van der Waals surface area (Å²) < 4.78 is 18.8. The second kappa shape index (κ2) is 9.58. The van der Waals surface area contributed by atoms with Gasteiger partial charge < -0.3 is 9.64 Å². The van der Waals surface area contributed by atoms with E-state index in [0.29, 0.717) is 26.2 Å². The molecule has 1 saturated heterocycles. The summed E-state index contributed by atoms with van der Waals surface area (Å²) in [6.07, 6.45) is 5.63. The maximum Gasteiger partial charge on any atom is 0.237 e. The number of rotatable bonds is 8. The highest BCUT2D eigenvalue weighted by molar-refractivity contribution is 5.78. The molecule has 1 aromatic carbocycles. The summed E-state index contributed by atoms with van der Waals surface area (Å²) in [5.41, 5.74) is 2.03. The predicted octanol–water partition coefficient (Wildman–Crippen LogP) is 2.86. The number of carbonyl (C=O) groups is 1. The van der Waals surface area contributed by atoms with Crippen LogP contribution in [0.15, 0.2) is 48.8 Å². The zero-order valence-corrected chi connectivity index (χ0v) is 15.7. The zero-order valence-electron chi connectivity index (χ0n) is 15.7. The monoisotopic (exact) mass is 371 g/mol. The van der Waals surface area contributed by atoms with Gasteiger partial charge in [-0.25, -0.2) is 4.39 Å². The molecule has 1 unspecified atom stereocenters. The van der Waals surface area contributed by atoms with Gasteiger partial charge in [-0.05, 0) is 55.3 Å². The predicted molar refractivity (Wildman–Crippen MR) is 101 cm³/mol. The number of carbonyl (C=O) groups excluding carboxylic acids is 1. The molecule has 0 N–H and O–H groups in total. The van der Waals surface area contributed by atoms with Crippen molar-refractivity contribution in [3.05, 3.63) is 65.7 Å². The van der Waals surface area contributed by atoms with Crippen LogP contribution in [0.4, 0.5) is 4.39 Å². The molecule has 1 atom stereocenters. The van der Waals surface area contributed by atoms with Crippen molar-refractivity contribution in [2.45, 2.75) is 32.0 Å². The third-order valence-electron chi connectivity index (χ3n) is 4.69. The van der Waals surface area contributed by atoms with E-state index in [4.69, 9.17) is 4.74 Å². The van der Waals surface area contributed by atoms with Gasteiger partial charge in [0, 0.05) is 38.6 Å². The Labute approximate surface area is 159 Å². The van der Waals surface area contributed by atoms with E-state index >= 15 is 0 Å². The second-order valence-electron chi connectivity index (χ2n) is 7.06. The molecule has 3 rings (SSSR count). The molecule has 144 valence electrons. The summed E-state index contributed by atoms with van der Waals surface area (Å²) in [6, 6.07) is 10.2. The number of pyridine rings is 1. The van der Waals surface area contributed by atoms with Gasteiger partial charge in [0.25, 0.3) is 0 Å². The van der Waals surface area contributed by atoms with Crippen molar-refractivity contribution in [2.75, 3.05) is 26.7 Å². The maximum atomic E-state index is 13.1. The molecule has 0 bridgehead atoms. The Kier molecular flexibility index (Phi) is 6.90. The molecule has 6 heteroatoms. The fourth-order valence-corrected chi connectivity index (χ4v) is 3.29. The summed E-state index contributed by atoms with van der Waals surface area (Å²) in [7, 11) is 1.90. The molecule has 1 aromatic heterocycles. The van der Waals surface area contributed by atoms with Crippen LogP contribution in [0.3, 0.4) is 0 Å². The van der Waals surface area contributed by atoms with Gasteiger partial charge in [0.2, 0.25) is 5.91 Å². The van der Waals surface area contributed by atoms with Gasteiger partial charge in [0.1, 0.15) is 5.82 Å². The average molecular weight is 371 g/mol. The van der Waals surface area contributed by atoms with Crippen molar-refractivity contribution in [1.29, 1.82) is 0 Å². The summed E-state index contributed by atoms with van der Waals surface area (Å²) in [4.78, 5) is 20.8. The van der Waals surface area contributed by atoms with Gasteiger partial charge in [0.05, 0.1) is 12.6 Å². The van der Waals surface area contributed by atoms with E-state index in [1.165, 1.54) is 12.1 Å². The quantitative estimate of drug-likeness (QED) is 0.716. The molecule has 0 saturated carbocycles. The van der Waals surface area contributed by atoms with Crippen molar-refractivity contribution in [2.24, 2.45) is 0 Å². The van der Waals surface area contributed by atoms with E-state index < -0.39 is 0 Å². The molecular formula is C21H26FN3O2. The molecule has 1 aliphatic rings. The number of halogens is 1. The van der Waals surface area contributed by atoms with E-state index in [-0.39, 0.29) is 17.8 Å². The van der Waals surface area contributed by atoms with Crippen LogP contribution in [0.25, 0.3) is 0 Å². The van der Waals surface area contributed by atoms with Gasteiger partial charge in [0.15, 0.2) is 0 Å². The number of hydrogen-bond donors (Lipinski definition) is 0. The van der Waals surface area contributed by atoms with Crippen LogP contribution in [0.5, 0.6) is 0 Å².